The molecular weight excluding hydrogens is 270 g/mol. The molecule has 1 aromatic heterocycles. The molecule has 0 saturated heterocycles. The first-order valence-electron chi connectivity index (χ1n) is 6.74. The minimum absolute atomic E-state index is 0.0118. The largest absolute Gasteiger partial charge is 0.493 e. The summed E-state index contributed by atoms with van der Waals surface area (Å²) in [5, 5.41) is 2.74. The zero-order chi connectivity index (χ0) is 14.5. The summed E-state index contributed by atoms with van der Waals surface area (Å²) in [6.45, 7) is 6.45. The summed E-state index contributed by atoms with van der Waals surface area (Å²) in [6.07, 6.45) is 0.726. The molecule has 3 nitrogen and oxygen atoms in total. The van der Waals surface area contributed by atoms with Gasteiger partial charge < -0.3 is 4.74 Å². The van der Waals surface area contributed by atoms with Crippen LogP contribution in [-0.4, -0.2) is 17.4 Å². The fraction of sp³-hybridized carbons (Fsp3) is 0.375. The van der Waals surface area contributed by atoms with Crippen LogP contribution in [0.2, 0.25) is 0 Å². The molecule has 1 aromatic carbocycles. The lowest BCUT2D eigenvalue weighted by molar-refractivity contribution is 0.101. The second-order valence-electron chi connectivity index (χ2n) is 5.00. The van der Waals surface area contributed by atoms with E-state index in [9.17, 15) is 4.79 Å². The van der Waals surface area contributed by atoms with Gasteiger partial charge in [0, 0.05) is 18.7 Å². The molecule has 0 radical (unpaired) electrons. The monoisotopic (exact) mass is 289 g/mol. The molecule has 0 aliphatic heterocycles. The topological polar surface area (TPSA) is 39.2 Å². The van der Waals surface area contributed by atoms with Crippen LogP contribution >= 0.6 is 11.3 Å². The van der Waals surface area contributed by atoms with Gasteiger partial charge in [0.05, 0.1) is 11.6 Å². The molecule has 0 unspecified atom stereocenters. The van der Waals surface area contributed by atoms with Crippen molar-refractivity contribution in [2.45, 2.75) is 33.1 Å². The van der Waals surface area contributed by atoms with E-state index in [1.165, 1.54) is 23.8 Å². The lowest BCUT2D eigenvalue weighted by atomic mass is 10.0. The van der Waals surface area contributed by atoms with E-state index in [1.54, 1.807) is 5.38 Å². The van der Waals surface area contributed by atoms with Crippen molar-refractivity contribution in [3.8, 4) is 5.75 Å². The molecule has 0 amide bonds. The number of carbonyl (C=O) groups excluding carboxylic acids is 1. The van der Waals surface area contributed by atoms with Gasteiger partial charge in [0.15, 0.2) is 5.78 Å². The highest BCUT2D eigenvalue weighted by molar-refractivity contribution is 7.09. The van der Waals surface area contributed by atoms with Crippen molar-refractivity contribution < 1.29 is 9.53 Å². The van der Waals surface area contributed by atoms with Crippen molar-refractivity contribution in [3.63, 3.8) is 0 Å². The van der Waals surface area contributed by atoms with Crippen LogP contribution < -0.4 is 4.74 Å². The molecule has 2 aromatic rings. The van der Waals surface area contributed by atoms with Gasteiger partial charge in [-0.05, 0) is 23.6 Å². The number of carbonyl (C=O) groups is 1. The van der Waals surface area contributed by atoms with Gasteiger partial charge in [-0.1, -0.05) is 26.0 Å². The summed E-state index contributed by atoms with van der Waals surface area (Å²) in [4.78, 5) is 15.4. The van der Waals surface area contributed by atoms with Gasteiger partial charge in [0.1, 0.15) is 11.4 Å². The third-order valence-corrected chi connectivity index (χ3v) is 3.95. The zero-order valence-corrected chi connectivity index (χ0v) is 12.9. The Morgan fingerprint density at radius 2 is 2.00 bits per heavy atom. The molecule has 106 valence electrons. The molecule has 0 saturated carbocycles. The van der Waals surface area contributed by atoms with E-state index >= 15 is 0 Å². The maximum Gasteiger partial charge on any atom is 0.178 e. The minimum Gasteiger partial charge on any atom is -0.493 e. The van der Waals surface area contributed by atoms with Crippen LogP contribution in [-0.2, 0) is 6.42 Å². The third-order valence-electron chi connectivity index (χ3n) is 3.04. The second kappa shape index (κ2) is 6.66. The Hall–Kier alpha value is -1.68. The van der Waals surface area contributed by atoms with E-state index < -0.39 is 0 Å². The lowest BCUT2D eigenvalue weighted by Crippen LogP contribution is -2.02. The van der Waals surface area contributed by atoms with E-state index in [2.05, 4.69) is 31.0 Å². The van der Waals surface area contributed by atoms with Gasteiger partial charge in [0.25, 0.3) is 0 Å². The second-order valence-corrected chi connectivity index (χ2v) is 5.95. The Labute approximate surface area is 123 Å². The van der Waals surface area contributed by atoms with Crippen molar-refractivity contribution in [3.05, 3.63) is 45.9 Å². The van der Waals surface area contributed by atoms with E-state index in [-0.39, 0.29) is 5.78 Å². The molecule has 0 N–H and O–H groups in total. The van der Waals surface area contributed by atoms with Crippen LogP contribution in [0.25, 0.3) is 0 Å². The van der Waals surface area contributed by atoms with Gasteiger partial charge in [-0.15, -0.1) is 11.3 Å². The van der Waals surface area contributed by atoms with Crippen LogP contribution in [0.5, 0.6) is 5.75 Å². The number of ether oxygens (including phenoxy) is 1. The summed E-state index contributed by atoms with van der Waals surface area (Å²) in [7, 11) is 0. The average Bonchev–Trinajstić information content (AvgIpc) is 2.88. The van der Waals surface area contributed by atoms with Crippen molar-refractivity contribution in [1.29, 1.82) is 0 Å². The van der Waals surface area contributed by atoms with Crippen molar-refractivity contribution >= 4 is 17.1 Å². The number of hydrogen-bond donors (Lipinski definition) is 0. The number of aromatic nitrogens is 1. The number of hydrogen-bond acceptors (Lipinski definition) is 4. The highest BCUT2D eigenvalue weighted by Crippen LogP contribution is 2.19. The van der Waals surface area contributed by atoms with Crippen LogP contribution in [0, 0.1) is 0 Å². The van der Waals surface area contributed by atoms with Crippen LogP contribution in [0.3, 0.4) is 0 Å². The average molecular weight is 289 g/mol. The number of thiazole rings is 1. The highest BCUT2D eigenvalue weighted by atomic mass is 32.1. The van der Waals surface area contributed by atoms with Gasteiger partial charge in [-0.2, -0.15) is 0 Å². The standard InChI is InChI=1S/C16H19NO2S/c1-11(2)13-4-6-14(7-5-13)19-9-8-16-17-15(10-20-16)12(3)18/h4-7,10-11H,8-9H2,1-3H3. The molecule has 4 heteroatoms. The summed E-state index contributed by atoms with van der Waals surface area (Å²) < 4.78 is 5.70. The quantitative estimate of drug-likeness (QED) is 0.752. The predicted molar refractivity (Wildman–Crippen MR) is 81.8 cm³/mol. The molecule has 1 heterocycles. The van der Waals surface area contributed by atoms with Crippen LogP contribution in [0.1, 0.15) is 47.7 Å². The van der Waals surface area contributed by atoms with E-state index in [0.29, 0.717) is 18.2 Å². The number of rotatable bonds is 6. The first kappa shape index (κ1) is 14.7. The molecule has 0 spiro atoms. The number of benzene rings is 1. The van der Waals surface area contributed by atoms with Gasteiger partial charge in [-0.25, -0.2) is 4.98 Å². The fourth-order valence-electron chi connectivity index (χ4n) is 1.79. The van der Waals surface area contributed by atoms with E-state index in [4.69, 9.17) is 4.74 Å². The molecule has 0 aliphatic carbocycles. The smallest absolute Gasteiger partial charge is 0.178 e. The first-order chi connectivity index (χ1) is 9.56. The van der Waals surface area contributed by atoms with E-state index in [0.717, 1.165) is 17.2 Å². The summed E-state index contributed by atoms with van der Waals surface area (Å²) in [5.74, 6) is 1.42. The number of Topliss-reactive ketones (excluding diaryl/α,β-unsaturated/α-hetero) is 1. The van der Waals surface area contributed by atoms with Crippen molar-refractivity contribution in [2.24, 2.45) is 0 Å². The maximum atomic E-state index is 11.2. The Kier molecular flexibility index (Phi) is 4.90. The number of ketones is 1. The lowest BCUT2D eigenvalue weighted by Gasteiger charge is -2.08. The fourth-order valence-corrected chi connectivity index (χ4v) is 2.61. The molecule has 0 bridgehead atoms. The van der Waals surface area contributed by atoms with Crippen molar-refractivity contribution in [1.82, 2.24) is 4.98 Å². The normalized spacial score (nSPS) is 10.8. The van der Waals surface area contributed by atoms with Crippen LogP contribution in [0.15, 0.2) is 29.6 Å². The SMILES string of the molecule is CC(=O)c1csc(CCOc2ccc(C(C)C)cc2)n1. The van der Waals surface area contributed by atoms with Gasteiger partial charge in [0.2, 0.25) is 0 Å². The Bertz CT molecular complexity index is 572. The highest BCUT2D eigenvalue weighted by Gasteiger charge is 2.06. The Morgan fingerprint density at radius 1 is 1.30 bits per heavy atom. The van der Waals surface area contributed by atoms with E-state index in [1.807, 2.05) is 12.1 Å². The van der Waals surface area contributed by atoms with Crippen molar-refractivity contribution in [2.75, 3.05) is 6.61 Å². The summed E-state index contributed by atoms with van der Waals surface area (Å²) in [5.41, 5.74) is 1.86. The molecule has 20 heavy (non-hydrogen) atoms. The molecule has 2 rings (SSSR count). The van der Waals surface area contributed by atoms with Gasteiger partial charge >= 0.3 is 0 Å². The minimum atomic E-state index is 0.0118. The molecular formula is C16H19NO2S. The van der Waals surface area contributed by atoms with Crippen LogP contribution in [0.4, 0.5) is 0 Å². The first-order valence-corrected chi connectivity index (χ1v) is 7.62. The van der Waals surface area contributed by atoms with Gasteiger partial charge in [-0.3, -0.25) is 4.79 Å². The zero-order valence-electron chi connectivity index (χ0n) is 12.1. The summed E-state index contributed by atoms with van der Waals surface area (Å²) >= 11 is 1.51. The Morgan fingerprint density at radius 3 is 2.55 bits per heavy atom. The predicted octanol–water partition coefficient (Wildman–Crippen LogP) is 4.09. The molecule has 0 fully saturated rings. The molecule has 0 atom stereocenters. The maximum absolute atomic E-state index is 11.2. The third kappa shape index (κ3) is 3.90. The molecule has 0 aliphatic rings. The Balaban J connectivity index is 1.84. The summed E-state index contributed by atoms with van der Waals surface area (Å²) in [6, 6.07) is 8.19. The number of nitrogens with zero attached hydrogens (tertiary/aromatic N) is 1.